The highest BCUT2D eigenvalue weighted by Gasteiger charge is 2.33. The van der Waals surface area contributed by atoms with Crippen molar-refractivity contribution in [2.75, 3.05) is 12.3 Å². The molecule has 31 heavy (non-hydrogen) atoms. The normalized spacial score (nSPS) is 16.4. The summed E-state index contributed by atoms with van der Waals surface area (Å²) in [6.07, 6.45) is -4.42. The van der Waals surface area contributed by atoms with Crippen LogP contribution in [0.1, 0.15) is 32.4 Å². The lowest BCUT2D eigenvalue weighted by Gasteiger charge is -2.24. The summed E-state index contributed by atoms with van der Waals surface area (Å²) in [6.45, 7) is 1.01. The van der Waals surface area contributed by atoms with E-state index in [1.165, 1.54) is 12.1 Å². The van der Waals surface area contributed by atoms with E-state index >= 15 is 0 Å². The third-order valence-electron chi connectivity index (χ3n) is 5.02. The van der Waals surface area contributed by atoms with E-state index in [4.69, 9.17) is 4.74 Å². The molecule has 1 amide bonds. The maximum absolute atomic E-state index is 12.9. The molecule has 0 aromatic heterocycles. The third-order valence-corrected chi connectivity index (χ3v) is 6.29. The standard InChI is InChI=1S/C24H20F3NO2S/c25-24(26,27)20-10-6-18(7-11-20)22(29)28-14-15-31-23(28)19-8-12-21(13-9-19)30-16-17-4-2-1-3-5-17/h1-13,23H,14-16H2. The van der Waals surface area contributed by atoms with Crippen molar-refractivity contribution in [1.82, 2.24) is 4.90 Å². The van der Waals surface area contributed by atoms with Crippen molar-refractivity contribution in [2.45, 2.75) is 18.2 Å². The van der Waals surface area contributed by atoms with Gasteiger partial charge in [-0.05, 0) is 47.5 Å². The summed E-state index contributed by atoms with van der Waals surface area (Å²) in [7, 11) is 0. The summed E-state index contributed by atoms with van der Waals surface area (Å²) < 4.78 is 44.2. The largest absolute Gasteiger partial charge is 0.489 e. The van der Waals surface area contributed by atoms with E-state index in [0.717, 1.165) is 34.8 Å². The Balaban J connectivity index is 1.43. The van der Waals surface area contributed by atoms with Gasteiger partial charge in [-0.3, -0.25) is 4.79 Å². The van der Waals surface area contributed by atoms with E-state index in [9.17, 15) is 18.0 Å². The molecule has 1 aliphatic rings. The SMILES string of the molecule is O=C(c1ccc(C(F)(F)F)cc1)N1CCSC1c1ccc(OCc2ccccc2)cc1. The minimum Gasteiger partial charge on any atom is -0.489 e. The fraction of sp³-hybridized carbons (Fsp3) is 0.208. The number of alkyl halides is 3. The molecule has 4 rings (SSSR count). The zero-order valence-corrected chi connectivity index (χ0v) is 17.3. The lowest BCUT2D eigenvalue weighted by atomic mass is 10.1. The molecular weight excluding hydrogens is 423 g/mol. The number of benzene rings is 3. The summed E-state index contributed by atoms with van der Waals surface area (Å²) in [5.41, 5.74) is 1.52. The van der Waals surface area contributed by atoms with Crippen LogP contribution < -0.4 is 4.74 Å². The van der Waals surface area contributed by atoms with Crippen LogP contribution in [0.15, 0.2) is 78.9 Å². The zero-order valence-electron chi connectivity index (χ0n) is 16.5. The molecule has 1 heterocycles. The van der Waals surface area contributed by atoms with Crippen LogP contribution in [-0.4, -0.2) is 23.1 Å². The number of amides is 1. The molecule has 1 unspecified atom stereocenters. The molecule has 7 heteroatoms. The summed E-state index contributed by atoms with van der Waals surface area (Å²) in [5, 5.41) is -0.182. The number of carbonyl (C=O) groups is 1. The van der Waals surface area contributed by atoms with Crippen LogP contribution >= 0.6 is 11.8 Å². The average Bonchev–Trinajstić information content (AvgIpc) is 3.28. The average molecular weight is 443 g/mol. The van der Waals surface area contributed by atoms with Crippen LogP contribution in [0.2, 0.25) is 0 Å². The quantitative estimate of drug-likeness (QED) is 0.472. The number of halogens is 3. The Morgan fingerprint density at radius 1 is 0.968 bits per heavy atom. The topological polar surface area (TPSA) is 29.5 Å². The highest BCUT2D eigenvalue weighted by molar-refractivity contribution is 7.99. The number of hydrogen-bond acceptors (Lipinski definition) is 3. The fourth-order valence-corrected chi connectivity index (χ4v) is 4.65. The molecule has 1 fully saturated rings. The molecule has 0 bridgehead atoms. The molecule has 3 aromatic rings. The predicted molar refractivity (Wildman–Crippen MR) is 115 cm³/mol. The Kier molecular flexibility index (Phi) is 6.23. The molecule has 0 saturated carbocycles. The lowest BCUT2D eigenvalue weighted by molar-refractivity contribution is -0.137. The van der Waals surface area contributed by atoms with E-state index in [2.05, 4.69) is 0 Å². The number of thioether (sulfide) groups is 1. The number of nitrogens with zero attached hydrogens (tertiary/aromatic N) is 1. The van der Waals surface area contributed by atoms with Gasteiger partial charge in [0, 0.05) is 17.9 Å². The van der Waals surface area contributed by atoms with Crippen molar-refractivity contribution in [3.05, 3.63) is 101 Å². The molecule has 3 nitrogen and oxygen atoms in total. The van der Waals surface area contributed by atoms with Crippen molar-refractivity contribution in [3.8, 4) is 5.75 Å². The first-order chi connectivity index (χ1) is 14.9. The Labute approximate surface area is 182 Å². The van der Waals surface area contributed by atoms with Gasteiger partial charge in [-0.2, -0.15) is 13.2 Å². The van der Waals surface area contributed by atoms with Crippen LogP contribution in [-0.2, 0) is 12.8 Å². The van der Waals surface area contributed by atoms with Crippen molar-refractivity contribution in [2.24, 2.45) is 0 Å². The Hall–Kier alpha value is -2.93. The molecule has 1 aliphatic heterocycles. The smallest absolute Gasteiger partial charge is 0.416 e. The first-order valence-corrected chi connectivity index (χ1v) is 10.8. The van der Waals surface area contributed by atoms with Crippen molar-refractivity contribution in [3.63, 3.8) is 0 Å². The van der Waals surface area contributed by atoms with Crippen molar-refractivity contribution >= 4 is 17.7 Å². The summed E-state index contributed by atoms with van der Waals surface area (Å²) in [6, 6.07) is 21.8. The number of rotatable bonds is 5. The molecule has 1 atom stereocenters. The van der Waals surface area contributed by atoms with E-state index in [1.807, 2.05) is 54.6 Å². The molecule has 1 saturated heterocycles. The van der Waals surface area contributed by atoms with E-state index in [1.54, 1.807) is 16.7 Å². The minimum absolute atomic E-state index is 0.182. The van der Waals surface area contributed by atoms with Gasteiger partial charge in [-0.25, -0.2) is 0 Å². The Morgan fingerprint density at radius 2 is 1.65 bits per heavy atom. The van der Waals surface area contributed by atoms with Gasteiger partial charge in [0.1, 0.15) is 17.7 Å². The van der Waals surface area contributed by atoms with Crippen LogP contribution in [0.5, 0.6) is 5.75 Å². The monoisotopic (exact) mass is 443 g/mol. The molecule has 0 radical (unpaired) electrons. The molecule has 3 aromatic carbocycles. The highest BCUT2D eigenvalue weighted by atomic mass is 32.2. The molecule has 0 aliphatic carbocycles. The van der Waals surface area contributed by atoms with E-state index < -0.39 is 11.7 Å². The molecule has 0 N–H and O–H groups in total. The molecular formula is C24H20F3NO2S. The number of hydrogen-bond donors (Lipinski definition) is 0. The van der Waals surface area contributed by atoms with Crippen molar-refractivity contribution in [1.29, 1.82) is 0 Å². The van der Waals surface area contributed by atoms with Crippen LogP contribution in [0.3, 0.4) is 0 Å². The second kappa shape index (κ2) is 9.06. The van der Waals surface area contributed by atoms with Gasteiger partial charge in [0.15, 0.2) is 0 Å². The van der Waals surface area contributed by atoms with E-state index in [0.29, 0.717) is 13.2 Å². The van der Waals surface area contributed by atoms with Gasteiger partial charge in [0.25, 0.3) is 5.91 Å². The number of ether oxygens (including phenoxy) is 1. The first kappa shape index (κ1) is 21.3. The van der Waals surface area contributed by atoms with Gasteiger partial charge in [-0.15, -0.1) is 11.8 Å². The lowest BCUT2D eigenvalue weighted by Crippen LogP contribution is -2.30. The van der Waals surface area contributed by atoms with Gasteiger partial charge >= 0.3 is 6.18 Å². The van der Waals surface area contributed by atoms with Crippen molar-refractivity contribution < 1.29 is 22.7 Å². The molecule has 160 valence electrons. The predicted octanol–water partition coefficient (Wildman–Crippen LogP) is 6.17. The van der Waals surface area contributed by atoms with Gasteiger partial charge in [0.05, 0.1) is 5.56 Å². The van der Waals surface area contributed by atoms with Gasteiger partial charge in [-0.1, -0.05) is 42.5 Å². The fourth-order valence-electron chi connectivity index (χ4n) is 3.39. The maximum Gasteiger partial charge on any atom is 0.416 e. The molecule has 0 spiro atoms. The van der Waals surface area contributed by atoms with Crippen LogP contribution in [0.25, 0.3) is 0 Å². The second-order valence-electron chi connectivity index (χ2n) is 7.14. The maximum atomic E-state index is 12.9. The van der Waals surface area contributed by atoms with Gasteiger partial charge in [0.2, 0.25) is 0 Å². The minimum atomic E-state index is -4.42. The Morgan fingerprint density at radius 3 is 2.29 bits per heavy atom. The van der Waals surface area contributed by atoms with E-state index in [-0.39, 0.29) is 16.8 Å². The number of carbonyl (C=O) groups excluding carboxylic acids is 1. The third kappa shape index (κ3) is 5.05. The van der Waals surface area contributed by atoms with Gasteiger partial charge < -0.3 is 9.64 Å². The second-order valence-corrected chi connectivity index (χ2v) is 8.33. The first-order valence-electron chi connectivity index (χ1n) is 9.78. The Bertz CT molecular complexity index is 1020. The summed E-state index contributed by atoms with van der Waals surface area (Å²) in [5.74, 6) is 1.23. The zero-order chi connectivity index (χ0) is 21.8. The van der Waals surface area contributed by atoms with Crippen LogP contribution in [0, 0.1) is 0 Å². The van der Waals surface area contributed by atoms with Crippen LogP contribution in [0.4, 0.5) is 13.2 Å². The highest BCUT2D eigenvalue weighted by Crippen LogP contribution is 2.39. The summed E-state index contributed by atoms with van der Waals surface area (Å²) in [4.78, 5) is 14.6. The summed E-state index contributed by atoms with van der Waals surface area (Å²) >= 11 is 1.63.